The Morgan fingerprint density at radius 3 is 2.76 bits per heavy atom. The van der Waals surface area contributed by atoms with Crippen molar-refractivity contribution in [3.05, 3.63) is 67.1 Å². The van der Waals surface area contributed by atoms with Crippen molar-refractivity contribution in [2.24, 2.45) is 7.05 Å². The molecule has 2 aromatic carbocycles. The fourth-order valence-corrected chi connectivity index (χ4v) is 5.64. The molecule has 1 aliphatic heterocycles. The van der Waals surface area contributed by atoms with E-state index in [0.29, 0.717) is 41.6 Å². The fourth-order valence-electron chi connectivity index (χ4n) is 5.64. The zero-order chi connectivity index (χ0) is 28.1. The smallest absolute Gasteiger partial charge is 0.246 e. The second kappa shape index (κ2) is 9.81. The number of ether oxygens (including phenoxy) is 1. The largest absolute Gasteiger partial charge is 0.457 e. The van der Waals surface area contributed by atoms with Crippen molar-refractivity contribution in [3.8, 4) is 11.5 Å². The minimum atomic E-state index is -0.0167. The van der Waals surface area contributed by atoms with E-state index in [4.69, 9.17) is 9.72 Å². The third-order valence-corrected chi connectivity index (χ3v) is 7.91. The number of aryl methyl sites for hydroxylation is 2. The number of anilines is 3. The lowest BCUT2D eigenvalue weighted by Crippen LogP contribution is -2.66. The van der Waals surface area contributed by atoms with E-state index < -0.39 is 0 Å². The minimum Gasteiger partial charge on any atom is -0.457 e. The van der Waals surface area contributed by atoms with Crippen LogP contribution in [0, 0.1) is 6.92 Å². The van der Waals surface area contributed by atoms with Gasteiger partial charge in [0.1, 0.15) is 34.4 Å². The molecule has 12 heteroatoms. The van der Waals surface area contributed by atoms with Crippen LogP contribution < -0.4 is 15.0 Å². The van der Waals surface area contributed by atoms with Crippen LogP contribution in [0.2, 0.25) is 0 Å². The third kappa shape index (κ3) is 4.37. The quantitative estimate of drug-likeness (QED) is 0.312. The molecule has 2 atom stereocenters. The standard InChI is InChI=1S/C29H28N10O2/c1-4-26(40)38-11-12-39(24-9-8-23(24)38)29-30-15-21-27(34-29)28(32-16-31-21)33-18-5-10-25(17(2)13-18)41-19-6-7-22-20(14-19)35-36-37(22)3/h4-7,10,13-16,23-24H,1,8-9,11-12H2,2-3H3,(H,31,32,33)/t23-,24-/m1/s1. The maximum Gasteiger partial charge on any atom is 0.246 e. The average molecular weight is 549 g/mol. The lowest BCUT2D eigenvalue weighted by molar-refractivity contribution is -0.131. The lowest BCUT2D eigenvalue weighted by atomic mass is 9.82. The van der Waals surface area contributed by atoms with Crippen LogP contribution >= 0.6 is 0 Å². The van der Waals surface area contributed by atoms with Gasteiger partial charge in [-0.2, -0.15) is 0 Å². The van der Waals surface area contributed by atoms with E-state index in [-0.39, 0.29) is 18.0 Å². The summed E-state index contributed by atoms with van der Waals surface area (Å²) in [5.74, 6) is 2.62. The van der Waals surface area contributed by atoms with Crippen LogP contribution in [0.15, 0.2) is 61.6 Å². The molecular formula is C29H28N10O2. The van der Waals surface area contributed by atoms with Crippen molar-refractivity contribution in [3.63, 3.8) is 0 Å². The highest BCUT2D eigenvalue weighted by atomic mass is 16.5. The molecule has 2 aliphatic rings. The van der Waals surface area contributed by atoms with Crippen LogP contribution in [0.5, 0.6) is 11.5 Å². The van der Waals surface area contributed by atoms with Crippen LogP contribution in [0.3, 0.4) is 0 Å². The number of carbonyl (C=O) groups excluding carboxylic acids is 1. The topological polar surface area (TPSA) is 127 Å². The van der Waals surface area contributed by atoms with E-state index in [1.54, 1.807) is 10.9 Å². The Morgan fingerprint density at radius 1 is 1.07 bits per heavy atom. The summed E-state index contributed by atoms with van der Waals surface area (Å²) in [6.45, 7) is 6.92. The highest BCUT2D eigenvalue weighted by Gasteiger charge is 2.45. The summed E-state index contributed by atoms with van der Waals surface area (Å²) in [7, 11) is 1.86. The molecule has 2 fully saturated rings. The van der Waals surface area contributed by atoms with Crippen LogP contribution in [0.1, 0.15) is 18.4 Å². The van der Waals surface area contributed by atoms with Gasteiger partial charge < -0.3 is 19.9 Å². The first kappa shape index (κ1) is 24.9. The predicted octanol–water partition coefficient (Wildman–Crippen LogP) is 3.91. The number of carbonyl (C=O) groups is 1. The summed E-state index contributed by atoms with van der Waals surface area (Å²) < 4.78 is 7.88. The lowest BCUT2D eigenvalue weighted by Gasteiger charge is -2.53. The number of benzene rings is 2. The minimum absolute atomic E-state index is 0.0167. The second-order valence-electron chi connectivity index (χ2n) is 10.3. The molecule has 1 saturated carbocycles. The highest BCUT2D eigenvalue weighted by molar-refractivity contribution is 5.88. The number of nitrogens with zero attached hydrogens (tertiary/aromatic N) is 9. The molecule has 1 amide bonds. The van der Waals surface area contributed by atoms with Crippen LogP contribution in [-0.2, 0) is 11.8 Å². The van der Waals surface area contributed by atoms with Crippen molar-refractivity contribution in [1.29, 1.82) is 0 Å². The van der Waals surface area contributed by atoms with Crippen molar-refractivity contribution >= 4 is 45.4 Å². The SMILES string of the molecule is C=CC(=O)N1CCN(c2ncc3ncnc(Nc4ccc(Oc5ccc6c(c5)nnn6C)c(C)c4)c3n2)[C@@H]2CC[C@H]21. The molecule has 4 heterocycles. The van der Waals surface area contributed by atoms with Crippen LogP contribution in [-0.4, -0.2) is 70.9 Å². The van der Waals surface area contributed by atoms with Crippen LogP contribution in [0.25, 0.3) is 22.1 Å². The van der Waals surface area contributed by atoms with Gasteiger partial charge in [-0.3, -0.25) is 4.79 Å². The van der Waals surface area contributed by atoms with E-state index in [1.807, 2.05) is 55.3 Å². The molecule has 0 radical (unpaired) electrons. The second-order valence-corrected chi connectivity index (χ2v) is 10.3. The predicted molar refractivity (Wildman–Crippen MR) is 154 cm³/mol. The number of piperazine rings is 1. The van der Waals surface area contributed by atoms with Crippen molar-refractivity contribution in [1.82, 2.24) is 39.8 Å². The Kier molecular flexibility index (Phi) is 5.95. The Balaban J connectivity index is 1.12. The number of rotatable bonds is 6. The van der Waals surface area contributed by atoms with E-state index in [0.717, 1.165) is 40.9 Å². The zero-order valence-corrected chi connectivity index (χ0v) is 22.7. The van der Waals surface area contributed by atoms with Crippen molar-refractivity contribution < 1.29 is 9.53 Å². The van der Waals surface area contributed by atoms with E-state index in [1.165, 1.54) is 12.4 Å². The molecule has 1 saturated heterocycles. The van der Waals surface area contributed by atoms with Gasteiger partial charge in [0.25, 0.3) is 0 Å². The molecule has 1 aliphatic carbocycles. The molecular weight excluding hydrogens is 520 g/mol. The van der Waals surface area contributed by atoms with Gasteiger partial charge in [0.15, 0.2) is 5.82 Å². The molecule has 206 valence electrons. The number of hydrogen-bond acceptors (Lipinski definition) is 10. The summed E-state index contributed by atoms with van der Waals surface area (Å²) in [4.78, 5) is 34.8. The first-order valence-corrected chi connectivity index (χ1v) is 13.5. The maximum atomic E-state index is 12.3. The van der Waals surface area contributed by atoms with Gasteiger partial charge in [-0.05, 0) is 61.7 Å². The normalized spacial score (nSPS) is 18.2. The van der Waals surface area contributed by atoms with Gasteiger partial charge in [0.05, 0.1) is 23.8 Å². The number of amides is 1. The van der Waals surface area contributed by atoms with Gasteiger partial charge in [-0.15, -0.1) is 5.10 Å². The zero-order valence-electron chi connectivity index (χ0n) is 22.7. The van der Waals surface area contributed by atoms with E-state index >= 15 is 0 Å². The highest BCUT2D eigenvalue weighted by Crippen LogP contribution is 2.36. The number of aromatic nitrogens is 7. The molecule has 7 rings (SSSR count). The van der Waals surface area contributed by atoms with Gasteiger partial charge in [-0.1, -0.05) is 11.8 Å². The molecule has 12 nitrogen and oxygen atoms in total. The summed E-state index contributed by atoms with van der Waals surface area (Å²) >= 11 is 0. The van der Waals surface area contributed by atoms with E-state index in [9.17, 15) is 4.79 Å². The first-order chi connectivity index (χ1) is 20.0. The van der Waals surface area contributed by atoms with Crippen molar-refractivity contribution in [2.45, 2.75) is 31.8 Å². The molecule has 3 aromatic heterocycles. The van der Waals surface area contributed by atoms with Crippen LogP contribution in [0.4, 0.5) is 17.5 Å². The number of hydrogen-bond donors (Lipinski definition) is 1. The maximum absolute atomic E-state index is 12.3. The third-order valence-electron chi connectivity index (χ3n) is 7.91. The van der Waals surface area contributed by atoms with Crippen molar-refractivity contribution in [2.75, 3.05) is 23.3 Å². The monoisotopic (exact) mass is 548 g/mol. The number of fused-ring (bicyclic) bond motifs is 3. The fraction of sp³-hybridized carbons (Fsp3) is 0.276. The van der Waals surface area contributed by atoms with Gasteiger partial charge >= 0.3 is 0 Å². The summed E-state index contributed by atoms with van der Waals surface area (Å²) in [6.07, 6.45) is 6.59. The molecule has 0 spiro atoms. The van der Waals surface area contributed by atoms with Gasteiger partial charge in [0, 0.05) is 31.9 Å². The Hall–Kier alpha value is -5.13. The Bertz CT molecular complexity index is 1820. The molecule has 1 N–H and O–H groups in total. The molecule has 0 unspecified atom stereocenters. The first-order valence-electron chi connectivity index (χ1n) is 13.5. The summed E-state index contributed by atoms with van der Waals surface area (Å²) in [5.41, 5.74) is 4.79. The van der Waals surface area contributed by atoms with Gasteiger partial charge in [-0.25, -0.2) is 24.6 Å². The Morgan fingerprint density at radius 2 is 1.95 bits per heavy atom. The Labute approximate surface area is 235 Å². The number of nitrogens with one attached hydrogen (secondary N) is 1. The average Bonchev–Trinajstić information content (AvgIpc) is 3.34. The van der Waals surface area contributed by atoms with Gasteiger partial charge in [0.2, 0.25) is 11.9 Å². The molecule has 5 aromatic rings. The van der Waals surface area contributed by atoms with E-state index in [2.05, 4.69) is 42.1 Å². The summed E-state index contributed by atoms with van der Waals surface area (Å²) in [5, 5.41) is 11.6. The molecule has 0 bridgehead atoms. The summed E-state index contributed by atoms with van der Waals surface area (Å²) in [6, 6.07) is 11.9. The molecule has 41 heavy (non-hydrogen) atoms.